The molecule has 0 saturated carbocycles. The van der Waals surface area contributed by atoms with Gasteiger partial charge in [-0.1, -0.05) is 204 Å². The molecule has 0 aromatic carbocycles. The number of allylic oxidation sites excluding steroid dienone is 28. The van der Waals surface area contributed by atoms with Gasteiger partial charge in [-0.2, -0.15) is 0 Å². The fourth-order valence-electron chi connectivity index (χ4n) is 6.66. The topological polar surface area (TPSA) is 78.9 Å². The molecule has 0 aromatic heterocycles. The van der Waals surface area contributed by atoms with Crippen molar-refractivity contribution in [3.63, 3.8) is 0 Å². The Bertz CT molecular complexity index is 1690. The summed E-state index contributed by atoms with van der Waals surface area (Å²) in [4.78, 5) is 38.1. The van der Waals surface area contributed by atoms with Crippen molar-refractivity contribution in [3.05, 3.63) is 170 Å². The third kappa shape index (κ3) is 55.6. The van der Waals surface area contributed by atoms with Gasteiger partial charge in [0.1, 0.15) is 13.2 Å². The minimum atomic E-state index is -0.837. The molecule has 0 heterocycles. The molecule has 6 heteroatoms. The van der Waals surface area contributed by atoms with Crippen molar-refractivity contribution in [2.75, 3.05) is 13.2 Å². The van der Waals surface area contributed by atoms with E-state index in [2.05, 4.69) is 191 Å². The lowest BCUT2D eigenvalue weighted by Gasteiger charge is -2.18. The summed E-state index contributed by atoms with van der Waals surface area (Å²) in [5.74, 6) is -1.05. The lowest BCUT2D eigenvalue weighted by atomic mass is 10.1. The SMILES string of the molecule is CC/C=C\C/C=C\C/C=C\C/C=C\C/C=C\CCCCCC(=O)OC[C@@H](COC(=O)CCCC/C=C\C/C=C\C/C=C\C/C=C\CC)OC(=O)CCCCC/C=C\C/C=C\C/C=C\C/C=C\C/C=C\CC. The third-order valence-electron chi connectivity index (χ3n) is 10.7. The van der Waals surface area contributed by atoms with Crippen LogP contribution in [0.25, 0.3) is 0 Å². The molecule has 0 rings (SSSR count). The second-order valence-corrected chi connectivity index (χ2v) is 17.3. The molecule has 0 spiro atoms. The average Bonchev–Trinajstić information content (AvgIpc) is 3.37. The smallest absolute Gasteiger partial charge is 0.306 e. The van der Waals surface area contributed by atoms with Gasteiger partial charge in [0.15, 0.2) is 6.10 Å². The minimum absolute atomic E-state index is 0.131. The minimum Gasteiger partial charge on any atom is -0.462 e. The van der Waals surface area contributed by atoms with E-state index in [1.165, 1.54) is 0 Å². The maximum atomic E-state index is 12.8. The summed E-state index contributed by atoms with van der Waals surface area (Å²) in [5.41, 5.74) is 0. The molecular formula is C65H98O6. The van der Waals surface area contributed by atoms with Crippen molar-refractivity contribution >= 4 is 17.9 Å². The molecule has 0 N–H and O–H groups in total. The maximum absolute atomic E-state index is 12.8. The van der Waals surface area contributed by atoms with Crippen LogP contribution < -0.4 is 0 Å². The quantitative estimate of drug-likeness (QED) is 0.0262. The van der Waals surface area contributed by atoms with Crippen LogP contribution in [0.5, 0.6) is 0 Å². The van der Waals surface area contributed by atoms with Crippen molar-refractivity contribution in [2.45, 2.75) is 207 Å². The first-order valence-corrected chi connectivity index (χ1v) is 27.6. The normalized spacial score (nSPS) is 13.5. The molecule has 0 amide bonds. The molecular weight excluding hydrogens is 877 g/mol. The highest BCUT2D eigenvalue weighted by Gasteiger charge is 2.19. The van der Waals surface area contributed by atoms with E-state index >= 15 is 0 Å². The van der Waals surface area contributed by atoms with E-state index in [-0.39, 0.29) is 44.0 Å². The van der Waals surface area contributed by atoms with Crippen molar-refractivity contribution in [2.24, 2.45) is 0 Å². The van der Waals surface area contributed by atoms with Gasteiger partial charge in [-0.3, -0.25) is 14.4 Å². The number of carbonyl (C=O) groups excluding carboxylic acids is 3. The van der Waals surface area contributed by atoms with Gasteiger partial charge >= 0.3 is 17.9 Å². The summed E-state index contributed by atoms with van der Waals surface area (Å²) in [7, 11) is 0. The molecule has 0 aliphatic heterocycles. The molecule has 0 unspecified atom stereocenters. The van der Waals surface area contributed by atoms with Crippen molar-refractivity contribution in [1.29, 1.82) is 0 Å². The Hall–Kier alpha value is -5.23. The van der Waals surface area contributed by atoms with Crippen molar-refractivity contribution in [3.8, 4) is 0 Å². The molecule has 394 valence electrons. The number of carbonyl (C=O) groups is 3. The highest BCUT2D eigenvalue weighted by atomic mass is 16.6. The number of hydrogen-bond acceptors (Lipinski definition) is 6. The second kappa shape index (κ2) is 57.3. The first kappa shape index (κ1) is 65.8. The van der Waals surface area contributed by atoms with Crippen LogP contribution in [0.4, 0.5) is 0 Å². The van der Waals surface area contributed by atoms with Gasteiger partial charge in [0.2, 0.25) is 0 Å². The van der Waals surface area contributed by atoms with Crippen LogP contribution in [-0.4, -0.2) is 37.2 Å². The van der Waals surface area contributed by atoms with E-state index in [4.69, 9.17) is 14.2 Å². The summed E-state index contributed by atoms with van der Waals surface area (Å²) in [6.45, 7) is 6.18. The monoisotopic (exact) mass is 975 g/mol. The van der Waals surface area contributed by atoms with Gasteiger partial charge in [0, 0.05) is 19.3 Å². The number of ether oxygens (including phenoxy) is 3. The highest BCUT2D eigenvalue weighted by Crippen LogP contribution is 2.11. The molecule has 0 bridgehead atoms. The Kier molecular flexibility index (Phi) is 53.1. The predicted octanol–water partition coefficient (Wildman–Crippen LogP) is 18.8. The van der Waals surface area contributed by atoms with E-state index in [1.807, 2.05) is 0 Å². The number of esters is 3. The van der Waals surface area contributed by atoms with Gasteiger partial charge in [0.25, 0.3) is 0 Å². The van der Waals surface area contributed by atoms with Crippen molar-refractivity contribution < 1.29 is 28.6 Å². The molecule has 0 aromatic rings. The Morgan fingerprint density at radius 1 is 0.282 bits per heavy atom. The fourth-order valence-corrected chi connectivity index (χ4v) is 6.66. The van der Waals surface area contributed by atoms with E-state index < -0.39 is 6.10 Å². The zero-order valence-corrected chi connectivity index (χ0v) is 44.9. The Morgan fingerprint density at radius 2 is 0.507 bits per heavy atom. The van der Waals surface area contributed by atoms with Gasteiger partial charge < -0.3 is 14.2 Å². The van der Waals surface area contributed by atoms with E-state index in [9.17, 15) is 14.4 Å². The molecule has 0 radical (unpaired) electrons. The van der Waals surface area contributed by atoms with E-state index in [0.717, 1.165) is 148 Å². The largest absolute Gasteiger partial charge is 0.462 e. The zero-order valence-electron chi connectivity index (χ0n) is 44.9. The van der Waals surface area contributed by atoms with Crippen LogP contribution in [0.3, 0.4) is 0 Å². The average molecular weight is 975 g/mol. The summed E-state index contributed by atoms with van der Waals surface area (Å²) in [6, 6.07) is 0. The number of unbranched alkanes of at least 4 members (excludes halogenated alkanes) is 8. The summed E-state index contributed by atoms with van der Waals surface area (Å²) in [5, 5.41) is 0. The second-order valence-electron chi connectivity index (χ2n) is 17.3. The highest BCUT2D eigenvalue weighted by molar-refractivity contribution is 5.71. The Morgan fingerprint density at radius 3 is 0.789 bits per heavy atom. The molecule has 0 saturated heterocycles. The number of hydrogen-bond donors (Lipinski definition) is 0. The van der Waals surface area contributed by atoms with Crippen LogP contribution >= 0.6 is 0 Å². The molecule has 71 heavy (non-hydrogen) atoms. The molecule has 1 atom stereocenters. The molecule has 0 aliphatic carbocycles. The van der Waals surface area contributed by atoms with Crippen molar-refractivity contribution in [1.82, 2.24) is 0 Å². The molecule has 6 nitrogen and oxygen atoms in total. The maximum Gasteiger partial charge on any atom is 0.306 e. The fraction of sp³-hybridized carbons (Fsp3) is 0.523. The lowest BCUT2D eigenvalue weighted by Crippen LogP contribution is -2.30. The van der Waals surface area contributed by atoms with Crippen LogP contribution in [0.15, 0.2) is 170 Å². The van der Waals surface area contributed by atoms with Gasteiger partial charge in [-0.25, -0.2) is 0 Å². The van der Waals surface area contributed by atoms with Crippen LogP contribution in [-0.2, 0) is 28.6 Å². The number of rotatable bonds is 47. The van der Waals surface area contributed by atoms with Gasteiger partial charge in [-0.15, -0.1) is 0 Å². The summed E-state index contributed by atoms with van der Waals surface area (Å²) < 4.78 is 16.8. The van der Waals surface area contributed by atoms with Gasteiger partial charge in [-0.05, 0) is 148 Å². The zero-order chi connectivity index (χ0) is 51.4. The van der Waals surface area contributed by atoms with Crippen LogP contribution in [0.2, 0.25) is 0 Å². The molecule has 0 aliphatic rings. The lowest BCUT2D eigenvalue weighted by molar-refractivity contribution is -0.167. The summed E-state index contributed by atoms with van der Waals surface area (Å²) >= 11 is 0. The first-order chi connectivity index (χ1) is 35.0. The first-order valence-electron chi connectivity index (χ1n) is 27.6. The summed E-state index contributed by atoms with van der Waals surface area (Å²) in [6.07, 6.45) is 84.8. The van der Waals surface area contributed by atoms with Gasteiger partial charge in [0.05, 0.1) is 0 Å². The Balaban J connectivity index is 4.62. The van der Waals surface area contributed by atoms with E-state index in [0.29, 0.717) is 19.3 Å². The Labute approximate surface area is 434 Å². The van der Waals surface area contributed by atoms with E-state index in [1.54, 1.807) is 0 Å². The predicted molar refractivity (Wildman–Crippen MR) is 306 cm³/mol. The molecule has 0 fully saturated rings. The van der Waals surface area contributed by atoms with Crippen LogP contribution in [0, 0.1) is 0 Å². The van der Waals surface area contributed by atoms with Crippen LogP contribution in [0.1, 0.15) is 201 Å². The third-order valence-corrected chi connectivity index (χ3v) is 10.7. The standard InChI is InChI=1S/C65H98O6/c1-4-7-10-13-16-19-22-25-28-30-32-34-37-40-43-46-49-52-55-58-64(67)70-61-62(60-69-63(66)57-54-51-48-45-42-39-36-27-24-21-18-15-12-9-6-3)71-65(68)59-56-53-50-47-44-41-38-35-33-31-29-26-23-20-17-14-11-8-5-2/h7-12,16-21,25-29,32-36,40-45,62H,4-6,13-15,22-24,30-31,37-39,46-61H2,1-3H3/b10-7-,11-8-,12-9-,19-16-,20-17-,21-18-,28-25-,29-26-,34-32-,35-33-,36-27-,43-40-,44-41-,45-42-/t62-/m1/s1.